The van der Waals surface area contributed by atoms with Gasteiger partial charge in [0.05, 0.1) is 23.7 Å². The summed E-state index contributed by atoms with van der Waals surface area (Å²) in [5.74, 6) is 0. The molecule has 23 heavy (non-hydrogen) atoms. The van der Waals surface area contributed by atoms with E-state index in [2.05, 4.69) is 55.2 Å². The van der Waals surface area contributed by atoms with Gasteiger partial charge < -0.3 is 4.90 Å². The van der Waals surface area contributed by atoms with Crippen LogP contribution in [0.1, 0.15) is 34.7 Å². The number of hydrogen-bond acceptors (Lipinski definition) is 2. The van der Waals surface area contributed by atoms with Crippen molar-refractivity contribution in [1.82, 2.24) is 4.90 Å². The van der Waals surface area contributed by atoms with E-state index >= 15 is 0 Å². The van der Waals surface area contributed by atoms with Gasteiger partial charge in [0.1, 0.15) is 0 Å². The molecule has 0 atom stereocenters. The van der Waals surface area contributed by atoms with E-state index in [1.165, 1.54) is 11.1 Å². The molecule has 118 valence electrons. The lowest BCUT2D eigenvalue weighted by Crippen LogP contribution is -2.14. The Morgan fingerprint density at radius 2 is 1.87 bits per heavy atom. The highest BCUT2D eigenvalue weighted by atomic mass is 15.1. The van der Waals surface area contributed by atoms with E-state index in [1.54, 1.807) is 0 Å². The van der Waals surface area contributed by atoms with E-state index in [0.29, 0.717) is 5.56 Å². The number of nitrogens with zero attached hydrogens (tertiary/aromatic N) is 3. The predicted octanol–water partition coefficient (Wildman–Crippen LogP) is 4.38. The minimum absolute atomic E-state index is 0.697. The Kier molecular flexibility index (Phi) is 5.54. The zero-order valence-electron chi connectivity index (χ0n) is 14.3. The van der Waals surface area contributed by atoms with Crippen molar-refractivity contribution in [2.24, 2.45) is 4.99 Å². The average molecular weight is 305 g/mol. The summed E-state index contributed by atoms with van der Waals surface area (Å²) < 4.78 is 0. The molecule has 2 rings (SSSR count). The molecule has 0 N–H and O–H groups in total. The summed E-state index contributed by atoms with van der Waals surface area (Å²) in [5, 5.41) is 9.47. The minimum atomic E-state index is 0.697. The second-order valence-corrected chi connectivity index (χ2v) is 5.89. The van der Waals surface area contributed by atoms with Crippen LogP contribution in [0.3, 0.4) is 0 Å². The van der Waals surface area contributed by atoms with Gasteiger partial charge in [-0.25, -0.2) is 4.99 Å². The quantitative estimate of drug-likeness (QED) is 0.607. The van der Waals surface area contributed by atoms with Crippen LogP contribution in [0.2, 0.25) is 0 Å². The minimum Gasteiger partial charge on any atom is -0.366 e. The van der Waals surface area contributed by atoms with E-state index in [9.17, 15) is 5.26 Å². The Labute approximate surface area is 138 Å². The molecule has 3 heteroatoms. The Balaban J connectivity index is 2.31. The summed E-state index contributed by atoms with van der Waals surface area (Å²) in [6.45, 7) is 7.09. The summed E-state index contributed by atoms with van der Waals surface area (Å²) >= 11 is 0. The van der Waals surface area contributed by atoms with E-state index in [-0.39, 0.29) is 0 Å². The first-order valence-corrected chi connectivity index (χ1v) is 7.87. The normalized spacial score (nSPS) is 10.7. The Hall–Kier alpha value is -2.60. The van der Waals surface area contributed by atoms with Crippen molar-refractivity contribution in [3.05, 3.63) is 64.2 Å². The van der Waals surface area contributed by atoms with Gasteiger partial charge in [0.25, 0.3) is 0 Å². The van der Waals surface area contributed by atoms with Gasteiger partial charge in [-0.2, -0.15) is 5.26 Å². The third kappa shape index (κ3) is 4.43. The molecule has 0 amide bonds. The lowest BCUT2D eigenvalue weighted by molar-refractivity contribution is 0.552. The Morgan fingerprint density at radius 1 is 1.17 bits per heavy atom. The molecule has 2 aromatic rings. The Bertz CT molecular complexity index is 737. The second kappa shape index (κ2) is 7.60. The molecular weight excluding hydrogens is 282 g/mol. The number of nitriles is 1. The largest absolute Gasteiger partial charge is 0.366 e. The van der Waals surface area contributed by atoms with Crippen LogP contribution in [0.15, 0.2) is 41.4 Å². The summed E-state index contributed by atoms with van der Waals surface area (Å²) in [7, 11) is 1.98. The molecular formula is C20H23N3. The van der Waals surface area contributed by atoms with Crippen LogP contribution in [0.25, 0.3) is 0 Å². The van der Waals surface area contributed by atoms with Gasteiger partial charge in [-0.1, -0.05) is 35.9 Å². The monoisotopic (exact) mass is 305 g/mol. The Morgan fingerprint density at radius 3 is 2.48 bits per heavy atom. The highest BCUT2D eigenvalue weighted by Crippen LogP contribution is 2.25. The van der Waals surface area contributed by atoms with E-state index in [0.717, 1.165) is 29.8 Å². The zero-order chi connectivity index (χ0) is 16.8. The maximum absolute atomic E-state index is 9.47. The molecule has 0 aliphatic rings. The molecule has 0 saturated carbocycles. The fraction of sp³-hybridized carbons (Fsp3) is 0.300. The van der Waals surface area contributed by atoms with Gasteiger partial charge in [-0.15, -0.1) is 0 Å². The highest BCUT2D eigenvalue weighted by molar-refractivity contribution is 5.65. The number of aryl methyl sites for hydroxylation is 2. The molecule has 0 radical (unpaired) electrons. The fourth-order valence-corrected chi connectivity index (χ4v) is 2.31. The maximum Gasteiger partial charge on any atom is 0.0995 e. The van der Waals surface area contributed by atoms with Crippen LogP contribution < -0.4 is 0 Å². The molecule has 2 aromatic carbocycles. The molecule has 0 fully saturated rings. The van der Waals surface area contributed by atoms with Crippen LogP contribution >= 0.6 is 0 Å². The predicted molar refractivity (Wildman–Crippen MR) is 96.3 cm³/mol. The topological polar surface area (TPSA) is 39.4 Å². The summed E-state index contributed by atoms with van der Waals surface area (Å²) in [5.41, 5.74) is 6.16. The summed E-state index contributed by atoms with van der Waals surface area (Å²) in [6, 6.07) is 14.7. The number of rotatable bonds is 5. The molecule has 0 aliphatic heterocycles. The van der Waals surface area contributed by atoms with Crippen LogP contribution in [0.5, 0.6) is 0 Å². The van der Waals surface area contributed by atoms with Crippen molar-refractivity contribution in [3.63, 3.8) is 0 Å². The van der Waals surface area contributed by atoms with E-state index in [1.807, 2.05) is 31.3 Å². The zero-order valence-corrected chi connectivity index (χ0v) is 14.3. The van der Waals surface area contributed by atoms with Gasteiger partial charge in [0, 0.05) is 13.6 Å². The standard InChI is InChI=1S/C20H23N3/c1-5-23(4)14-22-20-12-19(13-21)18(10-16(20)3)11-17-8-6-15(2)7-9-17/h6-10,12,14H,5,11H2,1-4H3. The van der Waals surface area contributed by atoms with Gasteiger partial charge >= 0.3 is 0 Å². The van der Waals surface area contributed by atoms with Crippen LogP contribution in [0.4, 0.5) is 5.69 Å². The van der Waals surface area contributed by atoms with E-state index < -0.39 is 0 Å². The first-order chi connectivity index (χ1) is 11.0. The molecule has 0 heterocycles. The van der Waals surface area contributed by atoms with Gasteiger partial charge in [-0.3, -0.25) is 0 Å². The van der Waals surface area contributed by atoms with Gasteiger partial charge in [0.15, 0.2) is 0 Å². The first kappa shape index (κ1) is 16.8. The highest BCUT2D eigenvalue weighted by Gasteiger charge is 2.08. The van der Waals surface area contributed by atoms with E-state index in [4.69, 9.17) is 0 Å². The molecule has 3 nitrogen and oxygen atoms in total. The molecule has 0 bridgehead atoms. The third-order valence-corrected chi connectivity index (χ3v) is 3.95. The van der Waals surface area contributed by atoms with Crippen molar-refractivity contribution in [3.8, 4) is 6.07 Å². The molecule has 0 unspecified atom stereocenters. The number of hydrogen-bond donors (Lipinski definition) is 0. The number of aliphatic imine (C=N–C) groups is 1. The molecule has 0 spiro atoms. The van der Waals surface area contributed by atoms with Crippen molar-refractivity contribution in [2.75, 3.05) is 13.6 Å². The van der Waals surface area contributed by atoms with Gasteiger partial charge in [-0.05, 0) is 49.9 Å². The van der Waals surface area contributed by atoms with Crippen molar-refractivity contribution < 1.29 is 0 Å². The van der Waals surface area contributed by atoms with Crippen LogP contribution in [-0.2, 0) is 6.42 Å². The summed E-state index contributed by atoms with van der Waals surface area (Å²) in [4.78, 5) is 6.50. The molecule has 0 aromatic heterocycles. The fourth-order valence-electron chi connectivity index (χ4n) is 2.31. The lowest BCUT2D eigenvalue weighted by atomic mass is 9.97. The maximum atomic E-state index is 9.47. The molecule has 0 aliphatic carbocycles. The SMILES string of the molecule is CCN(C)C=Nc1cc(C#N)c(Cc2ccc(C)cc2)cc1C. The van der Waals surface area contributed by atoms with Crippen molar-refractivity contribution in [1.29, 1.82) is 5.26 Å². The smallest absolute Gasteiger partial charge is 0.0995 e. The van der Waals surface area contributed by atoms with Gasteiger partial charge in [0.2, 0.25) is 0 Å². The third-order valence-electron chi connectivity index (χ3n) is 3.95. The number of benzene rings is 2. The van der Waals surface area contributed by atoms with Crippen molar-refractivity contribution in [2.45, 2.75) is 27.2 Å². The molecule has 0 saturated heterocycles. The van der Waals surface area contributed by atoms with Crippen LogP contribution in [0, 0.1) is 25.2 Å². The summed E-state index contributed by atoms with van der Waals surface area (Å²) in [6.07, 6.45) is 2.58. The lowest BCUT2D eigenvalue weighted by Gasteiger charge is -2.11. The second-order valence-electron chi connectivity index (χ2n) is 5.89. The average Bonchev–Trinajstić information content (AvgIpc) is 2.55. The first-order valence-electron chi connectivity index (χ1n) is 7.87. The van der Waals surface area contributed by atoms with Crippen molar-refractivity contribution >= 4 is 12.0 Å². The van der Waals surface area contributed by atoms with Crippen LogP contribution in [-0.4, -0.2) is 24.8 Å².